The molecule has 1 aromatic carbocycles. The van der Waals surface area contributed by atoms with Crippen molar-refractivity contribution in [3.05, 3.63) is 28.1 Å². The lowest BCUT2D eigenvalue weighted by Crippen LogP contribution is -2.26. The van der Waals surface area contributed by atoms with Crippen LogP contribution in [0.3, 0.4) is 0 Å². The highest BCUT2D eigenvalue weighted by atomic mass is 35.5. The fourth-order valence-electron chi connectivity index (χ4n) is 2.65. The van der Waals surface area contributed by atoms with Gasteiger partial charge in [0.2, 0.25) is 0 Å². The Bertz CT molecular complexity index is 667. The Morgan fingerprint density at radius 3 is 3.05 bits per heavy atom. The molecule has 1 heterocycles. The van der Waals surface area contributed by atoms with Gasteiger partial charge in [-0.25, -0.2) is 0 Å². The maximum atomic E-state index is 12.3. The van der Waals surface area contributed by atoms with Gasteiger partial charge in [0.25, 0.3) is 5.91 Å². The van der Waals surface area contributed by atoms with Gasteiger partial charge >= 0.3 is 0 Å². The van der Waals surface area contributed by atoms with Crippen LogP contribution in [0.5, 0.6) is 0 Å². The SMILES string of the molecule is CCCC1CC1NC(=O)c1sc2cccc(Cl)c2c1N. The minimum atomic E-state index is -0.0663. The normalized spacial score (nSPS) is 21.1. The quantitative estimate of drug-likeness (QED) is 0.895. The molecule has 0 spiro atoms. The number of rotatable bonds is 4. The number of fused-ring (bicyclic) bond motifs is 1. The number of hydrogen-bond acceptors (Lipinski definition) is 3. The van der Waals surface area contributed by atoms with Gasteiger partial charge < -0.3 is 11.1 Å². The molecule has 1 saturated carbocycles. The zero-order chi connectivity index (χ0) is 14.3. The van der Waals surface area contributed by atoms with Gasteiger partial charge in [-0.1, -0.05) is 31.0 Å². The second kappa shape index (κ2) is 5.26. The van der Waals surface area contributed by atoms with Crippen LogP contribution in [0.25, 0.3) is 10.1 Å². The standard InChI is InChI=1S/C15H17ClN2OS/c1-2-4-8-7-10(8)18-15(19)14-13(17)12-9(16)5-3-6-11(12)20-14/h3,5-6,8,10H,2,4,7,17H2,1H3,(H,18,19). The van der Waals surface area contributed by atoms with Crippen LogP contribution in [0, 0.1) is 5.92 Å². The lowest BCUT2D eigenvalue weighted by atomic mass is 10.2. The van der Waals surface area contributed by atoms with Crippen molar-refractivity contribution in [1.29, 1.82) is 0 Å². The minimum Gasteiger partial charge on any atom is -0.397 e. The molecule has 5 heteroatoms. The van der Waals surface area contributed by atoms with Gasteiger partial charge in [-0.2, -0.15) is 0 Å². The number of nitrogen functional groups attached to an aromatic ring is 1. The average molecular weight is 309 g/mol. The van der Waals surface area contributed by atoms with E-state index in [1.54, 1.807) is 6.07 Å². The van der Waals surface area contributed by atoms with Crippen molar-refractivity contribution in [2.45, 2.75) is 32.2 Å². The van der Waals surface area contributed by atoms with Crippen molar-refractivity contribution >= 4 is 44.6 Å². The topological polar surface area (TPSA) is 55.1 Å². The zero-order valence-corrected chi connectivity index (χ0v) is 12.9. The zero-order valence-electron chi connectivity index (χ0n) is 11.3. The summed E-state index contributed by atoms with van der Waals surface area (Å²) in [5.74, 6) is 0.575. The van der Waals surface area contributed by atoms with Crippen LogP contribution < -0.4 is 11.1 Å². The predicted octanol–water partition coefficient (Wildman–Crippen LogP) is 4.06. The van der Waals surface area contributed by atoms with Gasteiger partial charge in [-0.15, -0.1) is 11.3 Å². The van der Waals surface area contributed by atoms with Crippen molar-refractivity contribution in [3.63, 3.8) is 0 Å². The van der Waals surface area contributed by atoms with E-state index in [2.05, 4.69) is 12.2 Å². The first-order valence-electron chi connectivity index (χ1n) is 6.89. The van der Waals surface area contributed by atoms with Crippen LogP contribution in [-0.2, 0) is 0 Å². The van der Waals surface area contributed by atoms with E-state index in [9.17, 15) is 4.79 Å². The van der Waals surface area contributed by atoms with Gasteiger partial charge in [-0.05, 0) is 30.9 Å². The highest BCUT2D eigenvalue weighted by Gasteiger charge is 2.37. The van der Waals surface area contributed by atoms with Crippen molar-refractivity contribution in [3.8, 4) is 0 Å². The molecule has 106 valence electrons. The first-order chi connectivity index (χ1) is 9.61. The third kappa shape index (κ3) is 2.38. The number of carbonyl (C=O) groups excluding carboxylic acids is 1. The number of thiophene rings is 1. The van der Waals surface area contributed by atoms with Gasteiger partial charge in [0, 0.05) is 16.1 Å². The maximum Gasteiger partial charge on any atom is 0.263 e. The summed E-state index contributed by atoms with van der Waals surface area (Å²) in [5, 5.41) is 4.47. The van der Waals surface area contributed by atoms with E-state index in [0.717, 1.165) is 22.9 Å². The van der Waals surface area contributed by atoms with Crippen LogP contribution >= 0.6 is 22.9 Å². The van der Waals surface area contributed by atoms with Gasteiger partial charge in [-0.3, -0.25) is 4.79 Å². The Hall–Kier alpha value is -1.26. The molecule has 0 radical (unpaired) electrons. The number of amides is 1. The number of benzene rings is 1. The number of nitrogens with two attached hydrogens (primary N) is 1. The Morgan fingerprint density at radius 2 is 2.35 bits per heavy atom. The molecule has 1 aromatic heterocycles. The molecular weight excluding hydrogens is 292 g/mol. The van der Waals surface area contributed by atoms with Crippen molar-refractivity contribution in [2.24, 2.45) is 5.92 Å². The Labute approximate surface area is 127 Å². The van der Waals surface area contributed by atoms with Gasteiger partial charge in [0.15, 0.2) is 0 Å². The molecule has 2 atom stereocenters. The summed E-state index contributed by atoms with van der Waals surface area (Å²) in [6.07, 6.45) is 3.43. The van der Waals surface area contributed by atoms with Gasteiger partial charge in [0.1, 0.15) is 4.88 Å². The summed E-state index contributed by atoms with van der Waals surface area (Å²) >= 11 is 7.57. The largest absolute Gasteiger partial charge is 0.397 e. The summed E-state index contributed by atoms with van der Waals surface area (Å²) < 4.78 is 0.959. The smallest absolute Gasteiger partial charge is 0.263 e. The average Bonchev–Trinajstić information content (AvgIpc) is 3.03. The second-order valence-electron chi connectivity index (χ2n) is 5.32. The molecule has 1 fully saturated rings. The maximum absolute atomic E-state index is 12.3. The van der Waals surface area contributed by atoms with Crippen LogP contribution in [-0.4, -0.2) is 11.9 Å². The monoisotopic (exact) mass is 308 g/mol. The summed E-state index contributed by atoms with van der Waals surface area (Å²) in [4.78, 5) is 12.9. The minimum absolute atomic E-state index is 0.0663. The number of halogens is 1. The first-order valence-corrected chi connectivity index (χ1v) is 8.08. The highest BCUT2D eigenvalue weighted by Crippen LogP contribution is 2.39. The fraction of sp³-hybridized carbons (Fsp3) is 0.400. The molecule has 2 unspecified atom stereocenters. The van der Waals surface area contributed by atoms with E-state index in [4.69, 9.17) is 17.3 Å². The van der Waals surface area contributed by atoms with E-state index in [-0.39, 0.29) is 5.91 Å². The molecular formula is C15H17ClN2OS. The van der Waals surface area contributed by atoms with E-state index in [1.807, 2.05) is 12.1 Å². The Kier molecular flexibility index (Phi) is 3.61. The molecule has 1 amide bonds. The molecule has 0 aliphatic heterocycles. The van der Waals surface area contributed by atoms with Gasteiger partial charge in [0.05, 0.1) is 10.7 Å². The van der Waals surface area contributed by atoms with E-state index < -0.39 is 0 Å². The van der Waals surface area contributed by atoms with Crippen molar-refractivity contribution < 1.29 is 4.79 Å². The lowest BCUT2D eigenvalue weighted by molar-refractivity contribution is 0.0954. The van der Waals surface area contributed by atoms with Crippen LogP contribution in [0.1, 0.15) is 35.9 Å². The number of nitrogens with one attached hydrogen (secondary N) is 1. The Morgan fingerprint density at radius 1 is 1.55 bits per heavy atom. The van der Waals surface area contributed by atoms with Crippen LogP contribution in [0.4, 0.5) is 5.69 Å². The summed E-state index contributed by atoms with van der Waals surface area (Å²) in [5.41, 5.74) is 6.60. The second-order valence-corrected chi connectivity index (χ2v) is 6.78. The third-order valence-corrected chi connectivity index (χ3v) is 5.29. The molecule has 20 heavy (non-hydrogen) atoms. The van der Waals surface area contributed by atoms with Crippen LogP contribution in [0.15, 0.2) is 18.2 Å². The third-order valence-electron chi connectivity index (χ3n) is 3.81. The molecule has 1 aliphatic carbocycles. The Balaban J connectivity index is 1.82. The summed E-state index contributed by atoms with van der Waals surface area (Å²) in [6.45, 7) is 2.17. The van der Waals surface area contributed by atoms with E-state index >= 15 is 0 Å². The van der Waals surface area contributed by atoms with Crippen LogP contribution in [0.2, 0.25) is 5.02 Å². The molecule has 0 saturated heterocycles. The molecule has 3 rings (SSSR count). The number of anilines is 1. The van der Waals surface area contributed by atoms with Crippen molar-refractivity contribution in [1.82, 2.24) is 5.32 Å². The van der Waals surface area contributed by atoms with E-state index in [0.29, 0.717) is 27.5 Å². The number of carbonyl (C=O) groups is 1. The lowest BCUT2D eigenvalue weighted by Gasteiger charge is -2.03. The fourth-order valence-corrected chi connectivity index (χ4v) is 4.03. The summed E-state index contributed by atoms with van der Waals surface area (Å²) in [6, 6.07) is 5.94. The molecule has 1 aliphatic rings. The molecule has 3 nitrogen and oxygen atoms in total. The molecule has 3 N–H and O–H groups in total. The predicted molar refractivity (Wildman–Crippen MR) is 85.5 cm³/mol. The molecule has 2 aromatic rings. The van der Waals surface area contributed by atoms with E-state index in [1.165, 1.54) is 17.8 Å². The summed E-state index contributed by atoms with van der Waals surface area (Å²) in [7, 11) is 0. The van der Waals surface area contributed by atoms with Crippen molar-refractivity contribution in [2.75, 3.05) is 5.73 Å². The number of hydrogen-bond donors (Lipinski definition) is 2. The molecule has 0 bridgehead atoms. The first kappa shape index (κ1) is 13.7. The highest BCUT2D eigenvalue weighted by molar-refractivity contribution is 7.21.